The minimum absolute atomic E-state index is 0.0186. The maximum absolute atomic E-state index is 14.3. The molecule has 0 unspecified atom stereocenters. The molecule has 6 rings (SSSR count). The van der Waals surface area contributed by atoms with Crippen molar-refractivity contribution in [1.82, 2.24) is 14.5 Å². The van der Waals surface area contributed by atoms with Crippen LogP contribution in [0.1, 0.15) is 44.5 Å². The highest BCUT2D eigenvalue weighted by Crippen LogP contribution is 2.36. The lowest BCUT2D eigenvalue weighted by Crippen LogP contribution is -2.21. The molecule has 0 radical (unpaired) electrons. The van der Waals surface area contributed by atoms with Gasteiger partial charge in [-0.15, -0.1) is 0 Å². The number of carbonyl (C=O) groups is 1. The van der Waals surface area contributed by atoms with Crippen molar-refractivity contribution in [3.63, 3.8) is 0 Å². The summed E-state index contributed by atoms with van der Waals surface area (Å²) in [6.45, 7) is 1.38. The van der Waals surface area contributed by atoms with Gasteiger partial charge in [-0.05, 0) is 60.0 Å². The molecule has 1 atom stereocenters. The first kappa shape index (κ1) is 28.0. The third kappa shape index (κ3) is 5.68. The van der Waals surface area contributed by atoms with E-state index >= 15 is 0 Å². The molecule has 9 nitrogen and oxygen atoms in total. The number of aromatic carboxylic acids is 1. The highest BCUT2D eigenvalue weighted by molar-refractivity contribution is 5.92. The van der Waals surface area contributed by atoms with Crippen molar-refractivity contribution in [1.29, 1.82) is 5.26 Å². The van der Waals surface area contributed by atoms with E-state index in [4.69, 9.17) is 24.5 Å². The number of halogens is 1. The molecule has 0 bridgehead atoms. The van der Waals surface area contributed by atoms with Crippen LogP contribution in [0.4, 0.5) is 4.39 Å². The summed E-state index contributed by atoms with van der Waals surface area (Å²) in [6.07, 6.45) is 0.259. The fourth-order valence-corrected chi connectivity index (χ4v) is 5.26. The molecule has 216 valence electrons. The molecule has 1 N–H and O–H groups in total. The topological polar surface area (TPSA) is 119 Å². The average Bonchev–Trinajstić information content (AvgIpc) is 3.40. The van der Waals surface area contributed by atoms with Crippen molar-refractivity contribution >= 4 is 17.0 Å². The van der Waals surface area contributed by atoms with Gasteiger partial charge >= 0.3 is 5.97 Å². The van der Waals surface area contributed by atoms with E-state index in [0.717, 1.165) is 16.7 Å². The minimum atomic E-state index is -1.00. The van der Waals surface area contributed by atoms with E-state index in [0.29, 0.717) is 60.2 Å². The van der Waals surface area contributed by atoms with Crippen molar-refractivity contribution in [3.8, 4) is 23.2 Å². The molecule has 0 saturated heterocycles. The van der Waals surface area contributed by atoms with Crippen molar-refractivity contribution in [2.75, 3.05) is 20.3 Å². The number of imidazole rings is 1. The van der Waals surface area contributed by atoms with Crippen LogP contribution in [-0.2, 0) is 29.0 Å². The molecule has 5 aromatic rings. The number of carboxylic acids is 1. The number of rotatable bonds is 9. The lowest BCUT2D eigenvalue weighted by atomic mass is 9.94. The molecule has 1 aliphatic rings. The van der Waals surface area contributed by atoms with Crippen LogP contribution in [0.25, 0.3) is 22.3 Å². The van der Waals surface area contributed by atoms with Crippen LogP contribution >= 0.6 is 0 Å². The summed E-state index contributed by atoms with van der Waals surface area (Å²) in [6, 6.07) is 22.6. The first-order chi connectivity index (χ1) is 20.9. The van der Waals surface area contributed by atoms with Gasteiger partial charge in [0.1, 0.15) is 24.4 Å². The lowest BCUT2D eigenvalue weighted by molar-refractivity contribution is 0.0609. The van der Waals surface area contributed by atoms with Gasteiger partial charge in [0.25, 0.3) is 0 Å². The summed E-state index contributed by atoms with van der Waals surface area (Å²) < 4.78 is 33.6. The number of methoxy groups -OCH3 is 1. The standard InChI is InChI=1S/C33H27FN4O5/c1-41-14-12-38-29-17-23(33(39)40)8-10-28(29)37-32(38)31-25-9-7-22(16-21(25)11-13-42-31)27-3-2-4-30(36-27)43-19-24-6-5-20(18-35)15-26(24)34/h2-10,15-17,31H,11-14,19H2,1H3,(H,39,40)/t31-/m0/s1. The van der Waals surface area contributed by atoms with Crippen LogP contribution in [0, 0.1) is 17.1 Å². The monoisotopic (exact) mass is 578 g/mol. The number of pyridine rings is 1. The van der Waals surface area contributed by atoms with Gasteiger partial charge in [-0.1, -0.05) is 24.3 Å². The molecule has 10 heteroatoms. The second kappa shape index (κ2) is 12.0. The van der Waals surface area contributed by atoms with Crippen LogP contribution in [-0.4, -0.2) is 45.9 Å². The van der Waals surface area contributed by atoms with E-state index in [1.54, 1.807) is 37.4 Å². The Morgan fingerprint density at radius 3 is 2.81 bits per heavy atom. The number of fused-ring (bicyclic) bond motifs is 2. The van der Waals surface area contributed by atoms with Gasteiger partial charge in [0.15, 0.2) is 0 Å². The Bertz CT molecular complexity index is 1880. The molecule has 3 aromatic carbocycles. The highest BCUT2D eigenvalue weighted by Gasteiger charge is 2.28. The van der Waals surface area contributed by atoms with Gasteiger partial charge in [-0.25, -0.2) is 19.2 Å². The number of hydrogen-bond donors (Lipinski definition) is 1. The van der Waals surface area contributed by atoms with E-state index in [-0.39, 0.29) is 17.7 Å². The number of nitrogens with zero attached hydrogens (tertiary/aromatic N) is 4. The summed E-state index contributed by atoms with van der Waals surface area (Å²) in [5.74, 6) is -0.460. The molecule has 0 fully saturated rings. The number of aromatic nitrogens is 3. The Morgan fingerprint density at radius 1 is 1.14 bits per heavy atom. The lowest BCUT2D eigenvalue weighted by Gasteiger charge is -2.27. The van der Waals surface area contributed by atoms with Crippen LogP contribution in [0.5, 0.6) is 5.88 Å². The Hall–Kier alpha value is -5.11. The predicted molar refractivity (Wildman–Crippen MR) is 155 cm³/mol. The Balaban J connectivity index is 1.29. The van der Waals surface area contributed by atoms with Crippen molar-refractivity contribution in [2.24, 2.45) is 0 Å². The van der Waals surface area contributed by atoms with Crippen LogP contribution in [0.15, 0.2) is 72.8 Å². The second-order valence-corrected chi connectivity index (χ2v) is 10.1. The smallest absolute Gasteiger partial charge is 0.335 e. The molecule has 0 saturated carbocycles. The van der Waals surface area contributed by atoms with Crippen LogP contribution in [0.2, 0.25) is 0 Å². The predicted octanol–water partition coefficient (Wildman–Crippen LogP) is 5.69. The molecule has 1 aliphatic heterocycles. The summed E-state index contributed by atoms with van der Waals surface area (Å²) in [7, 11) is 1.62. The van der Waals surface area contributed by atoms with Gasteiger partial charge in [-0.2, -0.15) is 5.26 Å². The first-order valence-electron chi connectivity index (χ1n) is 13.7. The van der Waals surface area contributed by atoms with Crippen molar-refractivity contribution in [2.45, 2.75) is 25.7 Å². The third-order valence-electron chi connectivity index (χ3n) is 7.44. The zero-order valence-electron chi connectivity index (χ0n) is 23.3. The molecule has 3 heterocycles. The first-order valence-corrected chi connectivity index (χ1v) is 13.7. The maximum Gasteiger partial charge on any atom is 0.335 e. The molecular weight excluding hydrogens is 551 g/mol. The van der Waals surface area contributed by atoms with Crippen LogP contribution < -0.4 is 4.74 Å². The van der Waals surface area contributed by atoms with Gasteiger partial charge in [0, 0.05) is 30.8 Å². The summed E-state index contributed by atoms with van der Waals surface area (Å²) >= 11 is 0. The number of ether oxygens (including phenoxy) is 3. The third-order valence-corrected chi connectivity index (χ3v) is 7.44. The molecule has 0 aliphatic carbocycles. The van der Waals surface area contributed by atoms with E-state index in [1.807, 2.05) is 34.9 Å². The maximum atomic E-state index is 14.3. The fraction of sp³-hybridized carbons (Fsp3) is 0.212. The fourth-order valence-electron chi connectivity index (χ4n) is 5.26. The van der Waals surface area contributed by atoms with E-state index < -0.39 is 17.9 Å². The second-order valence-electron chi connectivity index (χ2n) is 10.1. The van der Waals surface area contributed by atoms with Gasteiger partial charge < -0.3 is 23.9 Å². The Labute approximate surface area is 246 Å². The minimum Gasteiger partial charge on any atom is -0.478 e. The van der Waals surface area contributed by atoms with Gasteiger partial charge in [-0.3, -0.25) is 0 Å². The van der Waals surface area contributed by atoms with Gasteiger partial charge in [0.05, 0.1) is 47.1 Å². The Kier molecular flexibility index (Phi) is 7.83. The van der Waals surface area contributed by atoms with E-state index in [9.17, 15) is 14.3 Å². The molecular formula is C33H27FN4O5. The molecule has 0 spiro atoms. The molecule has 0 amide bonds. The summed E-state index contributed by atoms with van der Waals surface area (Å²) in [4.78, 5) is 21.1. The number of carboxylic acid groups (broad SMARTS) is 1. The highest BCUT2D eigenvalue weighted by atomic mass is 19.1. The zero-order chi connectivity index (χ0) is 29.9. The van der Waals surface area contributed by atoms with Crippen molar-refractivity contribution < 1.29 is 28.5 Å². The SMILES string of the molecule is COCCn1c([C@H]2OCCc3cc(-c4cccc(OCc5ccc(C#N)cc5F)n4)ccc32)nc2ccc(C(=O)O)cc21. The van der Waals surface area contributed by atoms with E-state index in [1.165, 1.54) is 12.1 Å². The number of hydrogen-bond acceptors (Lipinski definition) is 7. The largest absolute Gasteiger partial charge is 0.478 e. The average molecular weight is 579 g/mol. The Morgan fingerprint density at radius 2 is 2.02 bits per heavy atom. The van der Waals surface area contributed by atoms with E-state index in [2.05, 4.69) is 11.1 Å². The number of benzene rings is 3. The summed E-state index contributed by atoms with van der Waals surface area (Å²) in [5, 5.41) is 18.5. The van der Waals surface area contributed by atoms with Crippen LogP contribution in [0.3, 0.4) is 0 Å². The van der Waals surface area contributed by atoms with Gasteiger partial charge in [0.2, 0.25) is 5.88 Å². The summed E-state index contributed by atoms with van der Waals surface area (Å²) in [5.41, 5.74) is 5.84. The quantitative estimate of drug-likeness (QED) is 0.237. The number of nitriles is 1. The normalized spacial score (nSPS) is 14.3. The molecule has 2 aromatic heterocycles. The van der Waals surface area contributed by atoms with Crippen molar-refractivity contribution in [3.05, 3.63) is 112 Å². The zero-order valence-corrected chi connectivity index (χ0v) is 23.3. The molecule has 43 heavy (non-hydrogen) atoms.